The molecule has 0 radical (unpaired) electrons. The smallest absolute Gasteiger partial charge is 0.241 e. The zero-order valence-electron chi connectivity index (χ0n) is 12.1. The van der Waals surface area contributed by atoms with E-state index in [-0.39, 0.29) is 29.4 Å². The lowest BCUT2D eigenvalue weighted by molar-refractivity contribution is 0.461. The second-order valence-electron chi connectivity index (χ2n) is 5.75. The average molecular weight is 332 g/mol. The van der Waals surface area contributed by atoms with Crippen LogP contribution in [-0.4, -0.2) is 33.9 Å². The predicted octanol–water partition coefficient (Wildman–Crippen LogP) is 0.309. The first-order chi connectivity index (χ1) is 9.59. The molecule has 118 valence electrons. The van der Waals surface area contributed by atoms with Crippen LogP contribution in [0.2, 0.25) is 0 Å². The van der Waals surface area contributed by atoms with Crippen LogP contribution in [0.25, 0.3) is 0 Å². The predicted molar refractivity (Wildman–Crippen MR) is 81.1 cm³/mol. The Kier molecular flexibility index (Phi) is 4.18. The topological polar surface area (TPSA) is 106 Å². The Bertz CT molecular complexity index is 756. The van der Waals surface area contributed by atoms with E-state index in [1.165, 1.54) is 6.07 Å². The van der Waals surface area contributed by atoms with E-state index in [1.807, 2.05) is 0 Å². The number of rotatable bonds is 4. The van der Waals surface area contributed by atoms with E-state index in [2.05, 4.69) is 4.72 Å². The molecule has 1 aromatic rings. The second kappa shape index (κ2) is 5.35. The number of hydrogen-bond acceptors (Lipinski definition) is 5. The monoisotopic (exact) mass is 332 g/mol. The molecule has 1 aliphatic heterocycles. The van der Waals surface area contributed by atoms with Crippen molar-refractivity contribution in [1.82, 2.24) is 4.72 Å². The number of benzene rings is 1. The van der Waals surface area contributed by atoms with Crippen molar-refractivity contribution in [2.45, 2.75) is 37.2 Å². The van der Waals surface area contributed by atoms with Crippen LogP contribution >= 0.6 is 0 Å². The van der Waals surface area contributed by atoms with Gasteiger partial charge in [0.25, 0.3) is 0 Å². The van der Waals surface area contributed by atoms with Gasteiger partial charge in [-0.1, -0.05) is 12.1 Å². The first-order valence-electron chi connectivity index (χ1n) is 6.62. The Hall–Kier alpha value is -0.960. The van der Waals surface area contributed by atoms with Gasteiger partial charge in [0.15, 0.2) is 9.84 Å². The molecule has 1 aromatic carbocycles. The van der Waals surface area contributed by atoms with Crippen LogP contribution in [0.5, 0.6) is 0 Å². The molecular weight excluding hydrogens is 312 g/mol. The molecule has 2 rings (SSSR count). The zero-order valence-corrected chi connectivity index (χ0v) is 13.7. The summed E-state index contributed by atoms with van der Waals surface area (Å²) in [6.45, 7) is 3.57. The Balaban J connectivity index is 2.36. The van der Waals surface area contributed by atoms with Gasteiger partial charge in [-0.05, 0) is 37.5 Å². The fourth-order valence-electron chi connectivity index (χ4n) is 2.64. The summed E-state index contributed by atoms with van der Waals surface area (Å²) in [6.07, 6.45) is 0.282. The largest absolute Gasteiger partial charge is 0.326 e. The molecular formula is C13H20N2O4S2. The first-order valence-corrected chi connectivity index (χ1v) is 9.92. The van der Waals surface area contributed by atoms with Gasteiger partial charge in [0, 0.05) is 12.1 Å². The summed E-state index contributed by atoms with van der Waals surface area (Å²) < 4.78 is 50.8. The molecule has 1 atom stereocenters. The van der Waals surface area contributed by atoms with Gasteiger partial charge >= 0.3 is 0 Å². The fraction of sp³-hybridized carbons (Fsp3) is 0.538. The quantitative estimate of drug-likeness (QED) is 0.825. The van der Waals surface area contributed by atoms with E-state index in [0.717, 1.165) is 5.56 Å². The highest BCUT2D eigenvalue weighted by atomic mass is 32.2. The second-order valence-corrected chi connectivity index (χ2v) is 9.59. The molecule has 0 aromatic heterocycles. The number of sulfonamides is 1. The summed E-state index contributed by atoms with van der Waals surface area (Å²) in [5, 5.41) is 0. The molecule has 6 nitrogen and oxygen atoms in total. The summed E-state index contributed by atoms with van der Waals surface area (Å²) in [6, 6.07) is 4.91. The molecule has 0 bridgehead atoms. The minimum absolute atomic E-state index is 0.00778. The molecule has 3 N–H and O–H groups in total. The maximum Gasteiger partial charge on any atom is 0.241 e. The molecule has 21 heavy (non-hydrogen) atoms. The van der Waals surface area contributed by atoms with Crippen LogP contribution < -0.4 is 10.5 Å². The maximum absolute atomic E-state index is 12.5. The van der Waals surface area contributed by atoms with Crippen LogP contribution in [0, 0.1) is 6.92 Å². The summed E-state index contributed by atoms with van der Waals surface area (Å²) >= 11 is 0. The van der Waals surface area contributed by atoms with E-state index in [9.17, 15) is 16.8 Å². The summed E-state index contributed by atoms with van der Waals surface area (Å²) in [5.41, 5.74) is 5.98. The first kappa shape index (κ1) is 16.4. The standard InChI is InChI=1S/C13H20N2O4S2/c1-10-11(8-14)4-3-5-12(10)21(18,19)15-13(2)6-7-20(16,17)9-13/h3-5,15H,6-9,14H2,1-2H3. The van der Waals surface area contributed by atoms with Crippen molar-refractivity contribution in [2.75, 3.05) is 11.5 Å². The molecule has 1 saturated heterocycles. The Morgan fingerprint density at radius 3 is 2.57 bits per heavy atom. The van der Waals surface area contributed by atoms with Gasteiger partial charge in [-0.3, -0.25) is 0 Å². The van der Waals surface area contributed by atoms with Crippen LogP contribution in [0.1, 0.15) is 24.5 Å². The molecule has 0 amide bonds. The molecule has 0 saturated carbocycles. The van der Waals surface area contributed by atoms with Gasteiger partial charge in [0.1, 0.15) is 0 Å². The zero-order chi connectivity index (χ0) is 15.9. The van der Waals surface area contributed by atoms with Crippen molar-refractivity contribution in [1.29, 1.82) is 0 Å². The van der Waals surface area contributed by atoms with E-state index in [1.54, 1.807) is 26.0 Å². The van der Waals surface area contributed by atoms with Crippen molar-refractivity contribution in [3.8, 4) is 0 Å². The Morgan fingerprint density at radius 2 is 2.05 bits per heavy atom. The molecule has 8 heteroatoms. The Morgan fingerprint density at radius 1 is 1.38 bits per heavy atom. The molecule has 0 spiro atoms. The molecule has 1 fully saturated rings. The fourth-order valence-corrected chi connectivity index (χ4v) is 6.55. The highest BCUT2D eigenvalue weighted by Gasteiger charge is 2.41. The minimum Gasteiger partial charge on any atom is -0.326 e. The number of nitrogens with one attached hydrogen (secondary N) is 1. The number of nitrogens with two attached hydrogens (primary N) is 1. The Labute approximate surface area is 125 Å². The normalized spacial score (nSPS) is 25.1. The molecule has 1 heterocycles. The third-order valence-electron chi connectivity index (χ3n) is 3.79. The van der Waals surface area contributed by atoms with Crippen molar-refractivity contribution in [2.24, 2.45) is 5.73 Å². The lowest BCUT2D eigenvalue weighted by Gasteiger charge is -2.24. The van der Waals surface area contributed by atoms with Gasteiger partial charge in [-0.2, -0.15) is 0 Å². The highest BCUT2D eigenvalue weighted by molar-refractivity contribution is 7.92. The maximum atomic E-state index is 12.5. The third kappa shape index (κ3) is 3.45. The van der Waals surface area contributed by atoms with E-state index < -0.39 is 25.4 Å². The number of sulfone groups is 1. The molecule has 1 unspecified atom stereocenters. The van der Waals surface area contributed by atoms with E-state index in [4.69, 9.17) is 5.73 Å². The van der Waals surface area contributed by atoms with Crippen molar-refractivity contribution in [3.05, 3.63) is 29.3 Å². The third-order valence-corrected chi connectivity index (χ3v) is 7.48. The van der Waals surface area contributed by atoms with Crippen molar-refractivity contribution < 1.29 is 16.8 Å². The van der Waals surface area contributed by atoms with Crippen LogP contribution in [0.3, 0.4) is 0 Å². The lowest BCUT2D eigenvalue weighted by Crippen LogP contribution is -2.46. The van der Waals surface area contributed by atoms with Gasteiger partial charge in [-0.15, -0.1) is 0 Å². The van der Waals surface area contributed by atoms with Crippen LogP contribution in [0.15, 0.2) is 23.1 Å². The van der Waals surface area contributed by atoms with Crippen LogP contribution in [-0.2, 0) is 26.4 Å². The van der Waals surface area contributed by atoms with Crippen molar-refractivity contribution >= 4 is 19.9 Å². The SMILES string of the molecule is Cc1c(CN)cccc1S(=O)(=O)NC1(C)CCS(=O)(=O)C1. The van der Waals surface area contributed by atoms with Crippen molar-refractivity contribution in [3.63, 3.8) is 0 Å². The van der Waals surface area contributed by atoms with E-state index >= 15 is 0 Å². The average Bonchev–Trinajstić information content (AvgIpc) is 2.62. The highest BCUT2D eigenvalue weighted by Crippen LogP contribution is 2.26. The summed E-state index contributed by atoms with van der Waals surface area (Å²) in [7, 11) is -6.96. The van der Waals surface area contributed by atoms with E-state index in [0.29, 0.717) is 5.56 Å². The lowest BCUT2D eigenvalue weighted by atomic mass is 10.0. The molecule has 1 aliphatic rings. The summed E-state index contributed by atoms with van der Waals surface area (Å²) in [4.78, 5) is 0.149. The van der Waals surface area contributed by atoms with Gasteiger partial charge in [0.2, 0.25) is 10.0 Å². The summed E-state index contributed by atoms with van der Waals surface area (Å²) in [5.74, 6) is -0.164. The van der Waals surface area contributed by atoms with Gasteiger partial charge < -0.3 is 5.73 Å². The number of hydrogen-bond donors (Lipinski definition) is 2. The van der Waals surface area contributed by atoms with Gasteiger partial charge in [-0.25, -0.2) is 21.6 Å². The molecule has 0 aliphatic carbocycles. The van der Waals surface area contributed by atoms with Gasteiger partial charge in [0.05, 0.1) is 16.4 Å². The van der Waals surface area contributed by atoms with Crippen LogP contribution in [0.4, 0.5) is 0 Å². The minimum atomic E-state index is -3.79.